The lowest BCUT2D eigenvalue weighted by molar-refractivity contribution is -0.248. The molecule has 0 spiro atoms. The van der Waals surface area contributed by atoms with E-state index < -0.39 is 5.56 Å². The van der Waals surface area contributed by atoms with Crippen LogP contribution in [-0.4, -0.2) is 63.0 Å². The first-order valence-corrected chi connectivity index (χ1v) is 9.85. The van der Waals surface area contributed by atoms with Gasteiger partial charge in [0, 0.05) is 26.4 Å². The van der Waals surface area contributed by atoms with Gasteiger partial charge in [-0.2, -0.15) is 0 Å². The van der Waals surface area contributed by atoms with Gasteiger partial charge < -0.3 is 23.7 Å². The van der Waals surface area contributed by atoms with Crippen LogP contribution in [0.4, 0.5) is 0 Å². The molecule has 0 unspecified atom stereocenters. The number of hydrogen-bond acceptors (Lipinski definition) is 5. The van der Waals surface area contributed by atoms with E-state index >= 15 is 0 Å². The molecule has 0 radical (unpaired) electrons. The Morgan fingerprint density at radius 1 is 0.708 bits per heavy atom. The summed E-state index contributed by atoms with van der Waals surface area (Å²) < 4.78 is 29.8. The summed E-state index contributed by atoms with van der Waals surface area (Å²) in [5.74, 6) is 0. The van der Waals surface area contributed by atoms with Gasteiger partial charge in [-0.3, -0.25) is 0 Å². The van der Waals surface area contributed by atoms with Crippen molar-refractivity contribution in [3.8, 4) is 0 Å². The van der Waals surface area contributed by atoms with Crippen LogP contribution in [0.25, 0.3) is 0 Å². The first kappa shape index (κ1) is 22.1. The Morgan fingerprint density at radius 3 is 1.75 bits per heavy atom. The van der Waals surface area contributed by atoms with Crippen molar-refractivity contribution in [1.29, 1.82) is 0 Å². The molecule has 1 aliphatic rings. The Hall–Kier alpha value is 0.0900. The van der Waals surface area contributed by atoms with Crippen LogP contribution in [-0.2, 0) is 23.7 Å². The SMILES string of the molecule is CCCOC[C@H]1O[C@H](Cl)[C@@H](OCCC)[C@@H](OCCC)[C@@H]1OCCC. The predicted octanol–water partition coefficient (Wildman–Crippen LogP) is 3.76. The minimum Gasteiger partial charge on any atom is -0.379 e. The van der Waals surface area contributed by atoms with E-state index in [9.17, 15) is 0 Å². The standard InChI is InChI=1S/C18H35ClO5/c1-5-9-20-13-14-15(21-10-6-2)16(22-11-7-3)17(18(19)24-14)23-12-8-4/h14-18H,5-13H2,1-4H3/t14-,15-,16+,17+,18+/m1/s1. The lowest BCUT2D eigenvalue weighted by Gasteiger charge is -2.44. The number of hydrogen-bond donors (Lipinski definition) is 0. The molecule has 0 aromatic carbocycles. The summed E-state index contributed by atoms with van der Waals surface area (Å²) in [6.45, 7) is 11.4. The van der Waals surface area contributed by atoms with Gasteiger partial charge in [0.05, 0.1) is 6.61 Å². The molecule has 0 saturated carbocycles. The summed E-state index contributed by atoms with van der Waals surface area (Å²) in [4.78, 5) is 0. The van der Waals surface area contributed by atoms with Crippen molar-refractivity contribution in [3.63, 3.8) is 0 Å². The van der Waals surface area contributed by atoms with Gasteiger partial charge in [0.1, 0.15) is 24.4 Å². The molecule has 0 amide bonds. The Balaban J connectivity index is 2.84. The molecule has 0 bridgehead atoms. The zero-order valence-electron chi connectivity index (χ0n) is 15.7. The lowest BCUT2D eigenvalue weighted by Crippen LogP contribution is -2.60. The topological polar surface area (TPSA) is 46.2 Å². The van der Waals surface area contributed by atoms with Crippen molar-refractivity contribution in [2.45, 2.75) is 83.4 Å². The van der Waals surface area contributed by atoms with Crippen molar-refractivity contribution < 1.29 is 23.7 Å². The van der Waals surface area contributed by atoms with E-state index in [1.165, 1.54) is 0 Å². The molecule has 0 aromatic heterocycles. The van der Waals surface area contributed by atoms with Gasteiger partial charge in [0.25, 0.3) is 0 Å². The second kappa shape index (κ2) is 13.3. The van der Waals surface area contributed by atoms with E-state index in [4.69, 9.17) is 35.3 Å². The van der Waals surface area contributed by atoms with Crippen LogP contribution < -0.4 is 0 Å². The zero-order valence-corrected chi connectivity index (χ0v) is 16.4. The highest BCUT2D eigenvalue weighted by Gasteiger charge is 2.47. The second-order valence-electron chi connectivity index (χ2n) is 6.11. The van der Waals surface area contributed by atoms with Crippen LogP contribution in [0.5, 0.6) is 0 Å². The molecule has 0 N–H and O–H groups in total. The first-order valence-electron chi connectivity index (χ1n) is 9.41. The fourth-order valence-electron chi connectivity index (χ4n) is 2.67. The van der Waals surface area contributed by atoms with E-state index in [2.05, 4.69) is 27.7 Å². The van der Waals surface area contributed by atoms with Crippen LogP contribution in [0.1, 0.15) is 53.4 Å². The van der Waals surface area contributed by atoms with Gasteiger partial charge in [-0.25, -0.2) is 0 Å². The smallest absolute Gasteiger partial charge is 0.160 e. The zero-order chi connectivity index (χ0) is 17.8. The van der Waals surface area contributed by atoms with E-state index in [0.29, 0.717) is 33.0 Å². The van der Waals surface area contributed by atoms with Crippen molar-refractivity contribution in [3.05, 3.63) is 0 Å². The minimum absolute atomic E-state index is 0.231. The second-order valence-corrected chi connectivity index (χ2v) is 6.54. The number of alkyl halides is 1. The Kier molecular flexibility index (Phi) is 12.3. The Bertz CT molecular complexity index is 305. The van der Waals surface area contributed by atoms with E-state index in [-0.39, 0.29) is 24.4 Å². The van der Waals surface area contributed by atoms with Crippen molar-refractivity contribution in [1.82, 2.24) is 0 Å². The number of halogens is 1. The quantitative estimate of drug-likeness (QED) is 0.367. The first-order chi connectivity index (χ1) is 11.7. The van der Waals surface area contributed by atoms with Crippen LogP contribution in [0.2, 0.25) is 0 Å². The Morgan fingerprint density at radius 2 is 1.21 bits per heavy atom. The van der Waals surface area contributed by atoms with Gasteiger partial charge in [0.2, 0.25) is 0 Å². The average molecular weight is 367 g/mol. The molecule has 1 saturated heterocycles. The summed E-state index contributed by atoms with van der Waals surface area (Å²) >= 11 is 6.46. The van der Waals surface area contributed by atoms with Crippen LogP contribution in [0.3, 0.4) is 0 Å². The van der Waals surface area contributed by atoms with Crippen molar-refractivity contribution in [2.75, 3.05) is 33.0 Å². The summed E-state index contributed by atoms with van der Waals surface area (Å²) in [6, 6.07) is 0. The molecule has 24 heavy (non-hydrogen) atoms. The number of rotatable bonds is 13. The van der Waals surface area contributed by atoms with E-state index in [1.807, 2.05) is 0 Å². The largest absolute Gasteiger partial charge is 0.379 e. The molecule has 1 rings (SSSR count). The highest BCUT2D eigenvalue weighted by atomic mass is 35.5. The highest BCUT2D eigenvalue weighted by molar-refractivity contribution is 6.20. The average Bonchev–Trinajstić information content (AvgIpc) is 2.58. The lowest BCUT2D eigenvalue weighted by atomic mass is 9.99. The van der Waals surface area contributed by atoms with Gasteiger partial charge >= 0.3 is 0 Å². The van der Waals surface area contributed by atoms with Gasteiger partial charge in [-0.1, -0.05) is 39.3 Å². The molecular weight excluding hydrogens is 332 g/mol. The van der Waals surface area contributed by atoms with Gasteiger partial charge in [-0.05, 0) is 25.7 Å². The van der Waals surface area contributed by atoms with Crippen LogP contribution >= 0.6 is 11.6 Å². The van der Waals surface area contributed by atoms with Crippen LogP contribution in [0, 0.1) is 0 Å². The summed E-state index contributed by atoms with van der Waals surface area (Å²) in [5, 5.41) is 0. The van der Waals surface area contributed by atoms with Gasteiger partial charge in [-0.15, -0.1) is 0 Å². The normalized spacial score (nSPS) is 30.6. The maximum atomic E-state index is 6.46. The van der Waals surface area contributed by atoms with Crippen LogP contribution in [0.15, 0.2) is 0 Å². The van der Waals surface area contributed by atoms with Crippen molar-refractivity contribution >= 4 is 11.6 Å². The number of ether oxygens (including phenoxy) is 5. The molecular formula is C18H35ClO5. The maximum absolute atomic E-state index is 6.46. The van der Waals surface area contributed by atoms with E-state index in [1.54, 1.807) is 0 Å². The van der Waals surface area contributed by atoms with Crippen molar-refractivity contribution in [2.24, 2.45) is 0 Å². The minimum atomic E-state index is -0.560. The third-order valence-corrected chi connectivity index (χ3v) is 4.10. The molecule has 6 heteroatoms. The maximum Gasteiger partial charge on any atom is 0.160 e. The highest BCUT2D eigenvalue weighted by Crippen LogP contribution is 2.30. The molecule has 1 aliphatic heterocycles. The fourth-order valence-corrected chi connectivity index (χ4v) is 3.02. The molecule has 5 nitrogen and oxygen atoms in total. The summed E-state index contributed by atoms with van der Waals surface area (Å²) in [7, 11) is 0. The van der Waals surface area contributed by atoms with E-state index in [0.717, 1.165) is 25.7 Å². The Labute approximate surface area is 152 Å². The predicted molar refractivity (Wildman–Crippen MR) is 95.7 cm³/mol. The molecule has 144 valence electrons. The fraction of sp³-hybridized carbons (Fsp3) is 1.00. The molecule has 0 aromatic rings. The van der Waals surface area contributed by atoms with Gasteiger partial charge in [0.15, 0.2) is 5.56 Å². The third kappa shape index (κ3) is 7.14. The molecule has 1 fully saturated rings. The summed E-state index contributed by atoms with van der Waals surface area (Å²) in [5.41, 5.74) is -0.560. The molecule has 0 aliphatic carbocycles. The third-order valence-electron chi connectivity index (χ3n) is 3.75. The summed E-state index contributed by atoms with van der Waals surface area (Å²) in [6.07, 6.45) is 2.71. The monoisotopic (exact) mass is 366 g/mol. The molecule has 1 heterocycles. The molecule has 5 atom stereocenters.